The Morgan fingerprint density at radius 3 is 2.67 bits per heavy atom. The highest BCUT2D eigenvalue weighted by molar-refractivity contribution is 9.10. The molecule has 0 unspecified atom stereocenters. The SMILES string of the molecule is CSc1nc(N)n2nc(-c3cc(Br)c(F)cc3F)nc2n1. The third-order valence-electron chi connectivity index (χ3n) is 2.65. The summed E-state index contributed by atoms with van der Waals surface area (Å²) >= 11 is 4.29. The van der Waals surface area contributed by atoms with E-state index in [4.69, 9.17) is 5.73 Å². The van der Waals surface area contributed by atoms with Crippen molar-refractivity contribution in [2.45, 2.75) is 5.16 Å². The van der Waals surface area contributed by atoms with E-state index in [0.717, 1.165) is 6.07 Å². The van der Waals surface area contributed by atoms with Crippen LogP contribution in [0.3, 0.4) is 0 Å². The first-order chi connectivity index (χ1) is 9.99. The fourth-order valence-electron chi connectivity index (χ4n) is 1.69. The van der Waals surface area contributed by atoms with Crippen LogP contribution in [0.5, 0.6) is 0 Å². The molecule has 2 aromatic heterocycles. The number of thioether (sulfide) groups is 1. The number of benzene rings is 1. The lowest BCUT2D eigenvalue weighted by Crippen LogP contribution is -2.04. The van der Waals surface area contributed by atoms with Crippen molar-refractivity contribution in [1.29, 1.82) is 0 Å². The van der Waals surface area contributed by atoms with Gasteiger partial charge in [0.05, 0.1) is 10.0 Å². The van der Waals surface area contributed by atoms with Crippen molar-refractivity contribution in [3.8, 4) is 11.4 Å². The van der Waals surface area contributed by atoms with Crippen LogP contribution in [0.2, 0.25) is 0 Å². The number of nitrogen functional groups attached to an aromatic ring is 1. The fraction of sp³-hybridized carbons (Fsp3) is 0.0909. The Kier molecular flexibility index (Phi) is 3.49. The summed E-state index contributed by atoms with van der Waals surface area (Å²) in [6.45, 7) is 0. The number of anilines is 1. The van der Waals surface area contributed by atoms with Crippen LogP contribution in [0, 0.1) is 11.6 Å². The first kappa shape index (κ1) is 14.1. The Labute approximate surface area is 129 Å². The summed E-state index contributed by atoms with van der Waals surface area (Å²) in [6, 6.07) is 2.02. The minimum absolute atomic E-state index is 0.0406. The van der Waals surface area contributed by atoms with Crippen LogP contribution in [0.15, 0.2) is 21.8 Å². The second-order valence-corrected chi connectivity index (χ2v) is 5.59. The van der Waals surface area contributed by atoms with E-state index in [0.29, 0.717) is 5.16 Å². The molecule has 10 heteroatoms. The highest BCUT2D eigenvalue weighted by Gasteiger charge is 2.17. The van der Waals surface area contributed by atoms with Gasteiger partial charge in [-0.15, -0.1) is 5.10 Å². The Hall–Kier alpha value is -1.81. The zero-order chi connectivity index (χ0) is 15.1. The molecule has 2 N–H and O–H groups in total. The standard InChI is InChI=1S/C11H7BrF2N6S/c1-21-11-17-9(15)20-10(18-11)16-8(19-20)4-2-5(12)7(14)3-6(4)13/h2-3H,1H3,(H2,15,16,17,18,19). The number of aromatic nitrogens is 5. The maximum Gasteiger partial charge on any atom is 0.258 e. The zero-order valence-corrected chi connectivity index (χ0v) is 12.9. The van der Waals surface area contributed by atoms with Gasteiger partial charge in [-0.2, -0.15) is 19.5 Å². The number of hydrogen-bond acceptors (Lipinski definition) is 6. The van der Waals surface area contributed by atoms with Crippen molar-refractivity contribution in [1.82, 2.24) is 24.6 Å². The van der Waals surface area contributed by atoms with Crippen molar-refractivity contribution in [2.75, 3.05) is 12.0 Å². The summed E-state index contributed by atoms with van der Waals surface area (Å²) < 4.78 is 28.4. The molecule has 1 aromatic carbocycles. The molecule has 6 nitrogen and oxygen atoms in total. The van der Waals surface area contributed by atoms with Crippen molar-refractivity contribution in [2.24, 2.45) is 0 Å². The molecule has 0 atom stereocenters. The number of nitrogens with zero attached hydrogens (tertiary/aromatic N) is 5. The van der Waals surface area contributed by atoms with E-state index in [-0.39, 0.29) is 27.6 Å². The summed E-state index contributed by atoms with van der Waals surface area (Å²) in [5.41, 5.74) is 5.79. The molecule has 0 fully saturated rings. The molecule has 0 spiro atoms. The zero-order valence-electron chi connectivity index (χ0n) is 10.5. The van der Waals surface area contributed by atoms with Gasteiger partial charge in [0, 0.05) is 6.07 Å². The third kappa shape index (κ3) is 2.44. The molecule has 0 bridgehead atoms. The van der Waals surface area contributed by atoms with Crippen LogP contribution in [0.25, 0.3) is 17.2 Å². The highest BCUT2D eigenvalue weighted by atomic mass is 79.9. The van der Waals surface area contributed by atoms with Crippen LogP contribution in [0.4, 0.5) is 14.7 Å². The van der Waals surface area contributed by atoms with Crippen molar-refractivity contribution < 1.29 is 8.78 Å². The predicted molar refractivity (Wildman–Crippen MR) is 77.8 cm³/mol. The number of hydrogen-bond donors (Lipinski definition) is 1. The third-order valence-corrected chi connectivity index (χ3v) is 3.80. The van der Waals surface area contributed by atoms with Gasteiger partial charge in [0.15, 0.2) is 11.0 Å². The molecular formula is C11H7BrF2N6S. The molecule has 0 aliphatic carbocycles. The molecular weight excluding hydrogens is 366 g/mol. The van der Waals surface area contributed by atoms with Crippen LogP contribution in [0.1, 0.15) is 0 Å². The maximum atomic E-state index is 13.9. The normalized spacial score (nSPS) is 11.2. The van der Waals surface area contributed by atoms with E-state index in [1.54, 1.807) is 6.26 Å². The van der Waals surface area contributed by atoms with Crippen molar-refractivity contribution >= 4 is 39.4 Å². The minimum Gasteiger partial charge on any atom is -0.368 e. The maximum absolute atomic E-state index is 13.9. The monoisotopic (exact) mass is 372 g/mol. The lowest BCUT2D eigenvalue weighted by Gasteiger charge is -2.00. The first-order valence-electron chi connectivity index (χ1n) is 5.59. The van der Waals surface area contributed by atoms with Gasteiger partial charge in [-0.1, -0.05) is 11.8 Å². The summed E-state index contributed by atoms with van der Waals surface area (Å²) in [5.74, 6) is -1.15. The molecule has 0 aliphatic heterocycles. The second kappa shape index (κ2) is 5.19. The number of halogens is 3. The van der Waals surface area contributed by atoms with Crippen LogP contribution in [-0.4, -0.2) is 30.8 Å². The summed E-state index contributed by atoms with van der Waals surface area (Å²) in [4.78, 5) is 12.2. The van der Waals surface area contributed by atoms with Gasteiger partial charge in [0.2, 0.25) is 5.95 Å². The quantitative estimate of drug-likeness (QED) is 0.549. The predicted octanol–water partition coefficient (Wildman–Crippen LogP) is 2.53. The van der Waals surface area contributed by atoms with Gasteiger partial charge in [0.1, 0.15) is 11.6 Å². The van der Waals surface area contributed by atoms with E-state index in [2.05, 4.69) is 36.0 Å². The molecule has 3 aromatic rings. The largest absolute Gasteiger partial charge is 0.368 e. The topological polar surface area (TPSA) is 82.0 Å². The Balaban J connectivity index is 2.22. The minimum atomic E-state index is -0.775. The average Bonchev–Trinajstić information content (AvgIpc) is 2.87. The highest BCUT2D eigenvalue weighted by Crippen LogP contribution is 2.27. The van der Waals surface area contributed by atoms with Gasteiger partial charge >= 0.3 is 0 Å². The van der Waals surface area contributed by atoms with Gasteiger partial charge < -0.3 is 5.73 Å². The molecule has 108 valence electrons. The summed E-state index contributed by atoms with van der Waals surface area (Å²) in [6.07, 6.45) is 1.79. The van der Waals surface area contributed by atoms with Gasteiger partial charge in [0.25, 0.3) is 5.78 Å². The molecule has 0 saturated carbocycles. The molecule has 0 saturated heterocycles. The van der Waals surface area contributed by atoms with Crippen LogP contribution < -0.4 is 5.73 Å². The van der Waals surface area contributed by atoms with Gasteiger partial charge in [-0.05, 0) is 28.3 Å². The smallest absolute Gasteiger partial charge is 0.258 e. The number of nitrogens with two attached hydrogens (primary N) is 1. The first-order valence-corrected chi connectivity index (χ1v) is 7.60. The fourth-order valence-corrected chi connectivity index (χ4v) is 2.39. The lowest BCUT2D eigenvalue weighted by atomic mass is 10.2. The molecule has 0 amide bonds. The molecule has 3 rings (SSSR count). The second-order valence-electron chi connectivity index (χ2n) is 3.96. The van der Waals surface area contributed by atoms with E-state index >= 15 is 0 Å². The number of fused-ring (bicyclic) bond motifs is 1. The van der Waals surface area contributed by atoms with E-state index in [1.807, 2.05) is 0 Å². The Morgan fingerprint density at radius 1 is 1.19 bits per heavy atom. The van der Waals surface area contributed by atoms with E-state index in [1.165, 1.54) is 22.3 Å². The van der Waals surface area contributed by atoms with Gasteiger partial charge in [-0.25, -0.2) is 8.78 Å². The van der Waals surface area contributed by atoms with E-state index < -0.39 is 11.6 Å². The molecule has 21 heavy (non-hydrogen) atoms. The van der Waals surface area contributed by atoms with Gasteiger partial charge in [-0.3, -0.25) is 0 Å². The lowest BCUT2D eigenvalue weighted by molar-refractivity contribution is 0.580. The number of rotatable bonds is 2. The molecule has 2 heterocycles. The van der Waals surface area contributed by atoms with Crippen LogP contribution >= 0.6 is 27.7 Å². The summed E-state index contributed by atoms with van der Waals surface area (Å²) in [7, 11) is 0. The molecule has 0 aliphatic rings. The Bertz CT molecular complexity index is 852. The summed E-state index contributed by atoms with van der Waals surface area (Å²) in [5, 5.41) is 4.48. The Morgan fingerprint density at radius 2 is 1.95 bits per heavy atom. The van der Waals surface area contributed by atoms with Crippen LogP contribution in [-0.2, 0) is 0 Å². The van der Waals surface area contributed by atoms with E-state index in [9.17, 15) is 8.78 Å². The average molecular weight is 373 g/mol. The van der Waals surface area contributed by atoms with Crippen molar-refractivity contribution in [3.63, 3.8) is 0 Å². The van der Waals surface area contributed by atoms with Crippen molar-refractivity contribution in [3.05, 3.63) is 28.2 Å². The molecule has 0 radical (unpaired) electrons.